The van der Waals surface area contributed by atoms with Crippen molar-refractivity contribution in [2.75, 3.05) is 39.8 Å². The van der Waals surface area contributed by atoms with Gasteiger partial charge in [0.25, 0.3) is 0 Å². The SMILES string of the molecule is CCN(CC)CC1CCN(C(=O)C(C)NC)CC1. The molecule has 0 aromatic heterocycles. The van der Waals surface area contributed by atoms with E-state index in [1.807, 2.05) is 18.9 Å². The maximum Gasteiger partial charge on any atom is 0.239 e. The molecule has 1 amide bonds. The first-order valence-electron chi connectivity index (χ1n) is 7.30. The summed E-state index contributed by atoms with van der Waals surface area (Å²) in [6, 6.07) is -0.0515. The Balaban J connectivity index is 2.34. The standard InChI is InChI=1S/C14H29N3O/c1-5-16(6-2)11-13-7-9-17(10-8-13)14(18)12(3)15-4/h12-13,15H,5-11H2,1-4H3. The summed E-state index contributed by atoms with van der Waals surface area (Å²) in [6.45, 7) is 11.7. The molecule has 1 rings (SSSR count). The molecular formula is C14H29N3O. The molecule has 1 atom stereocenters. The zero-order valence-corrected chi connectivity index (χ0v) is 12.4. The second-order valence-corrected chi connectivity index (χ2v) is 5.26. The van der Waals surface area contributed by atoms with Gasteiger partial charge in [-0.05, 0) is 45.8 Å². The molecule has 18 heavy (non-hydrogen) atoms. The summed E-state index contributed by atoms with van der Waals surface area (Å²) >= 11 is 0. The van der Waals surface area contributed by atoms with E-state index in [1.54, 1.807) is 0 Å². The van der Waals surface area contributed by atoms with Crippen molar-refractivity contribution in [2.45, 2.75) is 39.7 Å². The van der Waals surface area contributed by atoms with Gasteiger partial charge in [-0.3, -0.25) is 4.79 Å². The molecule has 0 spiro atoms. The van der Waals surface area contributed by atoms with Crippen molar-refractivity contribution in [2.24, 2.45) is 5.92 Å². The Morgan fingerprint density at radius 1 is 1.33 bits per heavy atom. The molecule has 0 bridgehead atoms. The van der Waals surface area contributed by atoms with E-state index >= 15 is 0 Å². The molecule has 1 aliphatic rings. The van der Waals surface area contributed by atoms with Gasteiger partial charge in [0.2, 0.25) is 5.91 Å². The van der Waals surface area contributed by atoms with E-state index in [-0.39, 0.29) is 11.9 Å². The summed E-state index contributed by atoms with van der Waals surface area (Å²) in [5.74, 6) is 1.01. The number of likely N-dealkylation sites (tertiary alicyclic amines) is 1. The predicted octanol–water partition coefficient (Wildman–Crippen LogP) is 1.17. The first-order valence-corrected chi connectivity index (χ1v) is 7.30. The fourth-order valence-corrected chi connectivity index (χ4v) is 2.58. The lowest BCUT2D eigenvalue weighted by Gasteiger charge is -2.35. The van der Waals surface area contributed by atoms with Gasteiger partial charge in [-0.25, -0.2) is 0 Å². The fourth-order valence-electron chi connectivity index (χ4n) is 2.58. The smallest absolute Gasteiger partial charge is 0.239 e. The Labute approximate surface area is 112 Å². The first kappa shape index (κ1) is 15.4. The van der Waals surface area contributed by atoms with Gasteiger partial charge in [0.1, 0.15) is 0 Å². The molecule has 0 saturated carbocycles. The van der Waals surface area contributed by atoms with Crippen LogP contribution in [0.2, 0.25) is 0 Å². The zero-order valence-electron chi connectivity index (χ0n) is 12.4. The number of carbonyl (C=O) groups excluding carboxylic acids is 1. The molecule has 0 radical (unpaired) electrons. The second kappa shape index (κ2) is 7.74. The summed E-state index contributed by atoms with van der Waals surface area (Å²) in [5.41, 5.74) is 0. The second-order valence-electron chi connectivity index (χ2n) is 5.26. The van der Waals surface area contributed by atoms with Crippen LogP contribution in [0, 0.1) is 5.92 Å². The summed E-state index contributed by atoms with van der Waals surface area (Å²) in [4.78, 5) is 16.5. The molecule has 1 aliphatic heterocycles. The number of piperidine rings is 1. The Hall–Kier alpha value is -0.610. The molecule has 1 N–H and O–H groups in total. The molecule has 0 aliphatic carbocycles. The van der Waals surface area contributed by atoms with Crippen LogP contribution < -0.4 is 5.32 Å². The molecule has 106 valence electrons. The van der Waals surface area contributed by atoms with Crippen LogP contribution in [0.3, 0.4) is 0 Å². The largest absolute Gasteiger partial charge is 0.341 e. The highest BCUT2D eigenvalue weighted by molar-refractivity contribution is 5.81. The lowest BCUT2D eigenvalue weighted by Crippen LogP contribution is -2.48. The number of nitrogens with zero attached hydrogens (tertiary/aromatic N) is 2. The van der Waals surface area contributed by atoms with Crippen molar-refractivity contribution in [3.63, 3.8) is 0 Å². The van der Waals surface area contributed by atoms with Crippen molar-refractivity contribution in [3.05, 3.63) is 0 Å². The molecule has 1 saturated heterocycles. The number of carbonyl (C=O) groups is 1. The molecule has 1 unspecified atom stereocenters. The van der Waals surface area contributed by atoms with Crippen LogP contribution in [0.5, 0.6) is 0 Å². The maximum atomic E-state index is 12.0. The van der Waals surface area contributed by atoms with E-state index in [4.69, 9.17) is 0 Å². The van der Waals surface area contributed by atoms with E-state index in [1.165, 1.54) is 6.54 Å². The summed E-state index contributed by atoms with van der Waals surface area (Å²) in [7, 11) is 1.84. The number of hydrogen-bond donors (Lipinski definition) is 1. The third-order valence-electron chi connectivity index (χ3n) is 4.14. The van der Waals surface area contributed by atoms with Crippen molar-refractivity contribution >= 4 is 5.91 Å². The topological polar surface area (TPSA) is 35.6 Å². The number of nitrogens with one attached hydrogen (secondary N) is 1. The third-order valence-corrected chi connectivity index (χ3v) is 4.14. The number of rotatable bonds is 6. The highest BCUT2D eigenvalue weighted by atomic mass is 16.2. The van der Waals surface area contributed by atoms with Crippen LogP contribution in [0.4, 0.5) is 0 Å². The number of likely N-dealkylation sites (N-methyl/N-ethyl adjacent to an activating group) is 1. The highest BCUT2D eigenvalue weighted by Crippen LogP contribution is 2.19. The molecule has 0 aromatic carbocycles. The number of hydrogen-bond acceptors (Lipinski definition) is 3. The van der Waals surface area contributed by atoms with Gasteiger partial charge >= 0.3 is 0 Å². The molecule has 1 heterocycles. The third kappa shape index (κ3) is 4.25. The fraction of sp³-hybridized carbons (Fsp3) is 0.929. The summed E-state index contributed by atoms with van der Waals surface area (Å²) in [5, 5.41) is 3.02. The van der Waals surface area contributed by atoms with Crippen LogP contribution in [-0.2, 0) is 4.79 Å². The van der Waals surface area contributed by atoms with Crippen molar-refractivity contribution in [1.82, 2.24) is 15.1 Å². The van der Waals surface area contributed by atoms with Crippen LogP contribution >= 0.6 is 0 Å². The van der Waals surface area contributed by atoms with Gasteiger partial charge in [-0.15, -0.1) is 0 Å². The van der Waals surface area contributed by atoms with Crippen LogP contribution in [0.25, 0.3) is 0 Å². The average molecular weight is 255 g/mol. The van der Waals surface area contributed by atoms with Crippen molar-refractivity contribution < 1.29 is 4.79 Å². The van der Waals surface area contributed by atoms with Gasteiger partial charge in [0.15, 0.2) is 0 Å². The van der Waals surface area contributed by atoms with E-state index < -0.39 is 0 Å². The lowest BCUT2D eigenvalue weighted by molar-refractivity contribution is -0.134. The quantitative estimate of drug-likeness (QED) is 0.774. The van der Waals surface area contributed by atoms with Gasteiger partial charge in [-0.2, -0.15) is 0 Å². The van der Waals surface area contributed by atoms with Crippen LogP contribution in [0.1, 0.15) is 33.6 Å². The minimum absolute atomic E-state index is 0.0515. The van der Waals surface area contributed by atoms with Gasteiger partial charge < -0.3 is 15.1 Å². The van der Waals surface area contributed by atoms with Gasteiger partial charge in [-0.1, -0.05) is 13.8 Å². The molecule has 4 heteroatoms. The van der Waals surface area contributed by atoms with Crippen molar-refractivity contribution in [1.29, 1.82) is 0 Å². The Morgan fingerprint density at radius 2 is 1.89 bits per heavy atom. The van der Waals surface area contributed by atoms with Gasteiger partial charge in [0, 0.05) is 19.6 Å². The molecule has 1 fully saturated rings. The lowest BCUT2D eigenvalue weighted by atomic mass is 9.95. The summed E-state index contributed by atoms with van der Waals surface area (Å²) < 4.78 is 0. The Morgan fingerprint density at radius 3 is 2.33 bits per heavy atom. The zero-order chi connectivity index (χ0) is 13.5. The normalized spacial score (nSPS) is 19.3. The first-order chi connectivity index (χ1) is 8.62. The Kier molecular flexibility index (Phi) is 6.65. The minimum atomic E-state index is -0.0515. The highest BCUT2D eigenvalue weighted by Gasteiger charge is 2.25. The van der Waals surface area contributed by atoms with Crippen LogP contribution in [0.15, 0.2) is 0 Å². The minimum Gasteiger partial charge on any atom is -0.341 e. The van der Waals surface area contributed by atoms with Crippen molar-refractivity contribution in [3.8, 4) is 0 Å². The molecule has 0 aromatic rings. The van der Waals surface area contributed by atoms with Gasteiger partial charge in [0.05, 0.1) is 6.04 Å². The molecular weight excluding hydrogens is 226 g/mol. The summed E-state index contributed by atoms with van der Waals surface area (Å²) in [6.07, 6.45) is 2.30. The van der Waals surface area contributed by atoms with E-state index in [0.717, 1.165) is 44.9 Å². The number of amides is 1. The van der Waals surface area contributed by atoms with E-state index in [2.05, 4.69) is 24.1 Å². The molecule has 4 nitrogen and oxygen atoms in total. The van der Waals surface area contributed by atoms with E-state index in [0.29, 0.717) is 0 Å². The monoisotopic (exact) mass is 255 g/mol. The van der Waals surface area contributed by atoms with Crippen LogP contribution in [-0.4, -0.2) is 61.5 Å². The Bertz CT molecular complexity index is 245. The average Bonchev–Trinajstić information content (AvgIpc) is 2.43. The maximum absolute atomic E-state index is 12.0. The predicted molar refractivity (Wildman–Crippen MR) is 75.6 cm³/mol. The van der Waals surface area contributed by atoms with E-state index in [9.17, 15) is 4.79 Å².